The number of aromatic amines is 1. The second-order valence-electron chi connectivity index (χ2n) is 4.65. The van der Waals surface area contributed by atoms with Gasteiger partial charge in [0.25, 0.3) is 0 Å². The molecule has 0 radical (unpaired) electrons. The molecule has 110 valence electrons. The molecule has 0 aliphatic carbocycles. The highest BCUT2D eigenvalue weighted by molar-refractivity contribution is 7.10. The van der Waals surface area contributed by atoms with Crippen molar-refractivity contribution >= 4 is 22.4 Å². The van der Waals surface area contributed by atoms with Gasteiger partial charge in [0.2, 0.25) is 0 Å². The topological polar surface area (TPSA) is 67.3 Å². The summed E-state index contributed by atoms with van der Waals surface area (Å²) in [6.07, 6.45) is 0. The minimum atomic E-state index is -0.431. The van der Waals surface area contributed by atoms with E-state index in [0.29, 0.717) is 11.1 Å². The van der Waals surface area contributed by atoms with Crippen LogP contribution in [0.4, 0.5) is 0 Å². The Morgan fingerprint density at radius 3 is 3.00 bits per heavy atom. The van der Waals surface area contributed by atoms with Crippen molar-refractivity contribution < 1.29 is 9.15 Å². The van der Waals surface area contributed by atoms with E-state index in [1.807, 2.05) is 29.6 Å². The molecule has 0 aliphatic heterocycles. The van der Waals surface area contributed by atoms with Crippen LogP contribution < -0.4 is 15.8 Å². The van der Waals surface area contributed by atoms with E-state index in [4.69, 9.17) is 9.15 Å². The maximum absolute atomic E-state index is 11.3. The number of rotatable bonds is 5. The molecule has 2 heterocycles. The summed E-state index contributed by atoms with van der Waals surface area (Å²) in [5.41, 5.74) is 2.34. The van der Waals surface area contributed by atoms with Gasteiger partial charge in [-0.15, -0.1) is 11.3 Å². The van der Waals surface area contributed by atoms with Crippen LogP contribution in [0, 0.1) is 0 Å². The molecule has 3 rings (SSSR count). The zero-order chi connectivity index (χ0) is 14.8. The molecule has 0 aliphatic rings. The summed E-state index contributed by atoms with van der Waals surface area (Å²) in [6.45, 7) is 2.90. The highest BCUT2D eigenvalue weighted by atomic mass is 32.1. The first-order chi connectivity index (χ1) is 10.2. The number of thiophene rings is 1. The Labute approximate surface area is 125 Å². The van der Waals surface area contributed by atoms with Crippen LogP contribution in [-0.2, 0) is 0 Å². The van der Waals surface area contributed by atoms with E-state index in [-0.39, 0.29) is 6.04 Å². The van der Waals surface area contributed by atoms with Crippen molar-refractivity contribution in [2.75, 3.05) is 13.7 Å². The summed E-state index contributed by atoms with van der Waals surface area (Å²) in [5.74, 6) is 0.423. The molecule has 5 nitrogen and oxygen atoms in total. The predicted molar refractivity (Wildman–Crippen MR) is 83.2 cm³/mol. The monoisotopic (exact) mass is 304 g/mol. The average Bonchev–Trinajstić information content (AvgIpc) is 3.09. The quantitative estimate of drug-likeness (QED) is 0.760. The van der Waals surface area contributed by atoms with E-state index in [0.717, 1.165) is 22.7 Å². The van der Waals surface area contributed by atoms with Crippen LogP contribution in [0.15, 0.2) is 38.9 Å². The summed E-state index contributed by atoms with van der Waals surface area (Å²) in [6, 6.07) is 7.83. The maximum atomic E-state index is 11.3. The van der Waals surface area contributed by atoms with E-state index in [2.05, 4.69) is 17.2 Å². The number of aromatic nitrogens is 1. The molecule has 0 fully saturated rings. The van der Waals surface area contributed by atoms with Gasteiger partial charge < -0.3 is 14.5 Å². The molecule has 0 bridgehead atoms. The molecule has 0 spiro atoms. The van der Waals surface area contributed by atoms with Crippen LogP contribution in [0.5, 0.6) is 5.75 Å². The minimum Gasteiger partial charge on any atom is -0.496 e. The standard InChI is InChI=1S/C15H16N2O3S/c1-3-16-14(13-7-10(19-2)8-21-13)9-4-5-11-12(6-9)20-15(18)17-11/h4-8,14,16H,3H2,1-2H3,(H,17,18). The zero-order valence-electron chi connectivity index (χ0n) is 11.8. The summed E-state index contributed by atoms with van der Waals surface area (Å²) in [7, 11) is 1.66. The lowest BCUT2D eigenvalue weighted by Crippen LogP contribution is -2.20. The highest BCUT2D eigenvalue weighted by Crippen LogP contribution is 2.32. The van der Waals surface area contributed by atoms with Crippen molar-refractivity contribution in [1.29, 1.82) is 0 Å². The number of hydrogen-bond acceptors (Lipinski definition) is 5. The number of nitrogens with one attached hydrogen (secondary N) is 2. The third-order valence-corrected chi connectivity index (χ3v) is 4.28. The number of benzene rings is 1. The maximum Gasteiger partial charge on any atom is 0.417 e. The van der Waals surface area contributed by atoms with Crippen LogP contribution in [-0.4, -0.2) is 18.6 Å². The second-order valence-corrected chi connectivity index (χ2v) is 5.59. The largest absolute Gasteiger partial charge is 0.496 e. The van der Waals surface area contributed by atoms with Gasteiger partial charge in [-0.1, -0.05) is 13.0 Å². The molecule has 0 saturated carbocycles. The average molecular weight is 304 g/mol. The fourth-order valence-electron chi connectivity index (χ4n) is 2.32. The lowest BCUT2D eigenvalue weighted by Gasteiger charge is -2.16. The number of fused-ring (bicyclic) bond motifs is 1. The van der Waals surface area contributed by atoms with Crippen molar-refractivity contribution in [3.8, 4) is 5.75 Å². The SMILES string of the molecule is CCNC(c1ccc2[nH]c(=O)oc2c1)c1cc(OC)cs1. The van der Waals surface area contributed by atoms with E-state index < -0.39 is 5.76 Å². The van der Waals surface area contributed by atoms with Crippen molar-refractivity contribution in [3.05, 3.63) is 50.6 Å². The summed E-state index contributed by atoms with van der Waals surface area (Å²) in [4.78, 5) is 15.1. The normalized spacial score (nSPS) is 12.7. The summed E-state index contributed by atoms with van der Waals surface area (Å²) in [5, 5.41) is 5.43. The van der Waals surface area contributed by atoms with Gasteiger partial charge in [0.05, 0.1) is 18.7 Å². The van der Waals surface area contributed by atoms with E-state index in [9.17, 15) is 4.79 Å². The molecule has 1 aromatic carbocycles. The molecule has 6 heteroatoms. The van der Waals surface area contributed by atoms with Crippen LogP contribution in [0.25, 0.3) is 11.1 Å². The molecule has 2 aromatic heterocycles. The Bertz CT molecular complexity index is 802. The Morgan fingerprint density at radius 2 is 2.29 bits per heavy atom. The molecular weight excluding hydrogens is 288 g/mol. The third kappa shape index (κ3) is 2.72. The first kappa shape index (κ1) is 13.9. The summed E-state index contributed by atoms with van der Waals surface area (Å²) >= 11 is 1.64. The second kappa shape index (κ2) is 5.75. The molecule has 2 N–H and O–H groups in total. The van der Waals surface area contributed by atoms with Gasteiger partial charge in [-0.25, -0.2) is 4.79 Å². The fourth-order valence-corrected chi connectivity index (χ4v) is 3.28. The molecule has 0 amide bonds. The zero-order valence-corrected chi connectivity index (χ0v) is 12.6. The van der Waals surface area contributed by atoms with Gasteiger partial charge in [0, 0.05) is 10.3 Å². The Morgan fingerprint density at radius 1 is 1.43 bits per heavy atom. The van der Waals surface area contributed by atoms with E-state index >= 15 is 0 Å². The first-order valence-electron chi connectivity index (χ1n) is 6.70. The number of hydrogen-bond donors (Lipinski definition) is 2. The van der Waals surface area contributed by atoms with Gasteiger partial charge in [0.1, 0.15) is 5.75 Å². The lowest BCUT2D eigenvalue weighted by atomic mass is 10.0. The molecule has 1 unspecified atom stereocenters. The van der Waals surface area contributed by atoms with Gasteiger partial charge in [-0.2, -0.15) is 0 Å². The van der Waals surface area contributed by atoms with Crippen molar-refractivity contribution in [1.82, 2.24) is 10.3 Å². The van der Waals surface area contributed by atoms with Gasteiger partial charge >= 0.3 is 5.76 Å². The molecule has 3 aromatic rings. The molecule has 21 heavy (non-hydrogen) atoms. The smallest absolute Gasteiger partial charge is 0.417 e. The number of oxazole rings is 1. The van der Waals surface area contributed by atoms with Crippen molar-refractivity contribution in [3.63, 3.8) is 0 Å². The van der Waals surface area contributed by atoms with E-state index in [1.54, 1.807) is 18.4 Å². The van der Waals surface area contributed by atoms with Crippen LogP contribution in [0.1, 0.15) is 23.4 Å². The predicted octanol–water partition coefficient (Wildman–Crippen LogP) is 2.89. The third-order valence-electron chi connectivity index (χ3n) is 3.30. The van der Waals surface area contributed by atoms with Gasteiger partial charge in [-0.3, -0.25) is 4.98 Å². The number of methoxy groups -OCH3 is 1. The fraction of sp³-hybridized carbons (Fsp3) is 0.267. The van der Waals surface area contributed by atoms with Crippen LogP contribution in [0.3, 0.4) is 0 Å². The lowest BCUT2D eigenvalue weighted by molar-refractivity contribution is 0.416. The minimum absolute atomic E-state index is 0.0495. The first-order valence-corrected chi connectivity index (χ1v) is 7.57. The van der Waals surface area contributed by atoms with Crippen molar-refractivity contribution in [2.24, 2.45) is 0 Å². The van der Waals surface area contributed by atoms with Crippen LogP contribution >= 0.6 is 11.3 Å². The Kier molecular flexibility index (Phi) is 3.81. The highest BCUT2D eigenvalue weighted by Gasteiger charge is 2.17. The van der Waals surface area contributed by atoms with Gasteiger partial charge in [0.15, 0.2) is 5.58 Å². The number of H-pyrrole nitrogens is 1. The van der Waals surface area contributed by atoms with E-state index in [1.165, 1.54) is 0 Å². The van der Waals surface area contributed by atoms with Crippen molar-refractivity contribution in [2.45, 2.75) is 13.0 Å². The Balaban J connectivity index is 2.03. The molecule has 0 saturated heterocycles. The van der Waals surface area contributed by atoms with Gasteiger partial charge in [-0.05, 0) is 30.3 Å². The van der Waals surface area contributed by atoms with Crippen LogP contribution in [0.2, 0.25) is 0 Å². The molecule has 1 atom stereocenters. The molecular formula is C15H16N2O3S. The number of ether oxygens (including phenoxy) is 1. The Hall–Kier alpha value is -2.05. The summed E-state index contributed by atoms with van der Waals surface area (Å²) < 4.78 is 10.4.